The quantitative estimate of drug-likeness (QED) is 0.257. The Labute approximate surface area is 184 Å². The summed E-state index contributed by atoms with van der Waals surface area (Å²) >= 11 is 0. The van der Waals surface area contributed by atoms with Crippen LogP contribution in [0.5, 0.6) is 23.0 Å². The minimum atomic E-state index is -1.23. The summed E-state index contributed by atoms with van der Waals surface area (Å²) in [5.41, 5.74) is 1.39. The summed E-state index contributed by atoms with van der Waals surface area (Å²) in [5.74, 6) is -2.57. The number of hydrogen-bond donors (Lipinski definition) is 5. The predicted octanol–water partition coefficient (Wildman–Crippen LogP) is 4.67. The highest BCUT2D eigenvalue weighted by Gasteiger charge is 2.18. The Balaban J connectivity index is 1.80. The number of rotatable bonds is 8. The molecule has 0 saturated heterocycles. The van der Waals surface area contributed by atoms with Crippen molar-refractivity contribution in [2.75, 3.05) is 17.2 Å². The second-order valence-corrected chi connectivity index (χ2v) is 6.83. The Kier molecular flexibility index (Phi) is 6.97. The maximum atomic E-state index is 11.8. The summed E-state index contributed by atoms with van der Waals surface area (Å²) in [5, 5.41) is 34.9. The van der Waals surface area contributed by atoms with Crippen molar-refractivity contribution in [1.82, 2.24) is 0 Å². The molecule has 3 aromatic rings. The van der Waals surface area contributed by atoms with Gasteiger partial charge in [-0.1, -0.05) is 42.5 Å². The van der Waals surface area contributed by atoms with Crippen LogP contribution < -0.4 is 15.4 Å². The van der Waals surface area contributed by atoms with Gasteiger partial charge in [0.1, 0.15) is 28.5 Å². The van der Waals surface area contributed by atoms with E-state index in [1.165, 1.54) is 19.1 Å². The van der Waals surface area contributed by atoms with Gasteiger partial charge in [-0.05, 0) is 23.8 Å². The molecule has 0 aliphatic carbocycles. The van der Waals surface area contributed by atoms with Gasteiger partial charge in [0.2, 0.25) is 5.91 Å². The molecule has 0 bridgehead atoms. The summed E-state index contributed by atoms with van der Waals surface area (Å²) in [6.45, 7) is 1.72. The zero-order valence-electron chi connectivity index (χ0n) is 17.2. The number of nitrogens with one attached hydrogen (secondary N) is 2. The van der Waals surface area contributed by atoms with E-state index in [9.17, 15) is 24.9 Å². The van der Waals surface area contributed by atoms with Crippen LogP contribution in [0.25, 0.3) is 6.08 Å². The average Bonchev–Trinajstić information content (AvgIpc) is 2.75. The maximum absolute atomic E-state index is 11.8. The molecule has 5 N–H and O–H groups in total. The van der Waals surface area contributed by atoms with Gasteiger partial charge in [0, 0.05) is 31.3 Å². The molecule has 0 spiro atoms. The topological polar surface area (TPSA) is 128 Å². The van der Waals surface area contributed by atoms with E-state index < -0.39 is 17.6 Å². The number of carbonyl (C=O) groups excluding carboxylic acids is 1. The van der Waals surface area contributed by atoms with Crippen molar-refractivity contribution in [2.24, 2.45) is 0 Å². The first-order valence-corrected chi connectivity index (χ1v) is 9.67. The van der Waals surface area contributed by atoms with Crippen LogP contribution in [-0.2, 0) is 4.79 Å². The van der Waals surface area contributed by atoms with E-state index in [2.05, 4.69) is 10.6 Å². The van der Waals surface area contributed by atoms with Crippen molar-refractivity contribution in [3.8, 4) is 23.0 Å². The van der Waals surface area contributed by atoms with Crippen molar-refractivity contribution in [2.45, 2.75) is 6.92 Å². The third-order valence-corrected chi connectivity index (χ3v) is 4.33. The molecule has 0 aromatic heterocycles. The van der Waals surface area contributed by atoms with Gasteiger partial charge in [-0.25, -0.2) is 4.79 Å². The lowest BCUT2D eigenvalue weighted by Gasteiger charge is -2.15. The lowest BCUT2D eigenvalue weighted by molar-refractivity contribution is -0.114. The SMILES string of the molecule is CC(=O)Nc1c(O)cc(O)cc1Oc1ccc(NC/C=C/c2ccccc2)cc1C(=O)O. The summed E-state index contributed by atoms with van der Waals surface area (Å²) in [6.07, 6.45) is 3.86. The predicted molar refractivity (Wildman–Crippen MR) is 122 cm³/mol. The van der Waals surface area contributed by atoms with Crippen molar-refractivity contribution < 1.29 is 29.6 Å². The summed E-state index contributed by atoms with van der Waals surface area (Å²) in [7, 11) is 0. The van der Waals surface area contributed by atoms with Gasteiger partial charge >= 0.3 is 5.97 Å². The number of phenols is 2. The molecule has 0 atom stereocenters. The number of aromatic hydroxyl groups is 2. The molecule has 1 amide bonds. The molecular weight excluding hydrogens is 412 g/mol. The number of carbonyl (C=O) groups is 2. The second kappa shape index (κ2) is 10.0. The van der Waals surface area contributed by atoms with Crippen LogP contribution in [0.15, 0.2) is 66.7 Å². The fraction of sp³-hybridized carbons (Fsp3) is 0.0833. The Hall–Kier alpha value is -4.46. The minimum Gasteiger partial charge on any atom is -0.508 e. The Bertz CT molecular complexity index is 1160. The van der Waals surface area contributed by atoms with Crippen LogP contribution in [0, 0.1) is 0 Å². The van der Waals surface area contributed by atoms with Crippen LogP contribution in [0.1, 0.15) is 22.8 Å². The van der Waals surface area contributed by atoms with E-state index in [1.54, 1.807) is 6.07 Å². The molecule has 0 aliphatic heterocycles. The number of carboxylic acid groups (broad SMARTS) is 1. The molecular formula is C24H22N2O6. The normalized spacial score (nSPS) is 10.7. The van der Waals surface area contributed by atoms with Crippen molar-refractivity contribution in [3.05, 3.63) is 77.9 Å². The number of benzene rings is 3. The van der Waals surface area contributed by atoms with E-state index in [4.69, 9.17) is 4.74 Å². The molecule has 3 aromatic carbocycles. The Morgan fingerprint density at radius 2 is 1.75 bits per heavy atom. The molecule has 164 valence electrons. The van der Waals surface area contributed by atoms with Gasteiger partial charge < -0.3 is 30.7 Å². The van der Waals surface area contributed by atoms with E-state index in [-0.39, 0.29) is 28.5 Å². The number of anilines is 2. The molecule has 8 heteroatoms. The molecule has 3 rings (SSSR count). The van der Waals surface area contributed by atoms with Crippen LogP contribution >= 0.6 is 0 Å². The van der Waals surface area contributed by atoms with E-state index in [0.29, 0.717) is 12.2 Å². The smallest absolute Gasteiger partial charge is 0.339 e. The zero-order valence-corrected chi connectivity index (χ0v) is 17.2. The van der Waals surface area contributed by atoms with E-state index >= 15 is 0 Å². The van der Waals surface area contributed by atoms with Crippen molar-refractivity contribution in [3.63, 3.8) is 0 Å². The highest BCUT2D eigenvalue weighted by atomic mass is 16.5. The van der Waals surface area contributed by atoms with Gasteiger partial charge in [-0.15, -0.1) is 0 Å². The highest BCUT2D eigenvalue weighted by Crippen LogP contribution is 2.41. The van der Waals surface area contributed by atoms with Gasteiger partial charge in [0.15, 0.2) is 5.75 Å². The van der Waals surface area contributed by atoms with Crippen LogP contribution in [-0.4, -0.2) is 33.7 Å². The maximum Gasteiger partial charge on any atom is 0.339 e. The van der Waals surface area contributed by atoms with Crippen LogP contribution in [0.3, 0.4) is 0 Å². The first-order chi connectivity index (χ1) is 15.3. The van der Waals surface area contributed by atoms with Crippen molar-refractivity contribution >= 4 is 29.3 Å². The average molecular weight is 434 g/mol. The third-order valence-electron chi connectivity index (χ3n) is 4.33. The molecule has 0 radical (unpaired) electrons. The monoisotopic (exact) mass is 434 g/mol. The summed E-state index contributed by atoms with van der Waals surface area (Å²) in [6, 6.07) is 16.5. The summed E-state index contributed by atoms with van der Waals surface area (Å²) < 4.78 is 5.65. The molecule has 0 saturated carbocycles. The van der Waals surface area contributed by atoms with Crippen molar-refractivity contribution in [1.29, 1.82) is 0 Å². The zero-order chi connectivity index (χ0) is 23.1. The Morgan fingerprint density at radius 1 is 1.00 bits per heavy atom. The van der Waals surface area contributed by atoms with Crippen LogP contribution in [0.2, 0.25) is 0 Å². The molecule has 0 aliphatic rings. The number of phenolic OH excluding ortho intramolecular Hbond substituents is 2. The Morgan fingerprint density at radius 3 is 2.44 bits per heavy atom. The van der Waals surface area contributed by atoms with E-state index in [1.807, 2.05) is 42.5 Å². The number of aromatic carboxylic acids is 1. The third kappa shape index (κ3) is 5.79. The molecule has 8 nitrogen and oxygen atoms in total. The lowest BCUT2D eigenvalue weighted by atomic mass is 10.1. The largest absolute Gasteiger partial charge is 0.508 e. The molecule has 0 unspecified atom stereocenters. The molecule has 0 fully saturated rings. The number of carboxylic acids is 1. The molecule has 32 heavy (non-hydrogen) atoms. The highest BCUT2D eigenvalue weighted by molar-refractivity contribution is 5.94. The van der Waals surface area contributed by atoms with E-state index in [0.717, 1.165) is 17.7 Å². The second-order valence-electron chi connectivity index (χ2n) is 6.83. The van der Waals surface area contributed by atoms with Gasteiger partial charge in [-0.2, -0.15) is 0 Å². The number of hydrogen-bond acceptors (Lipinski definition) is 6. The minimum absolute atomic E-state index is 0.0283. The standard InChI is InChI=1S/C24H22N2O6/c1-15(27)26-23-20(29)13-18(28)14-22(23)32-21-10-9-17(12-19(21)24(30)31)25-11-5-8-16-6-3-2-4-7-16/h2-10,12-14,25,28-29H,11H2,1H3,(H,26,27)(H,30,31)/b8-5+. The first-order valence-electron chi connectivity index (χ1n) is 9.67. The fourth-order valence-corrected chi connectivity index (χ4v) is 2.92. The first kappa shape index (κ1) is 22.2. The summed E-state index contributed by atoms with van der Waals surface area (Å²) in [4.78, 5) is 23.2. The number of amides is 1. The van der Waals surface area contributed by atoms with Crippen LogP contribution in [0.4, 0.5) is 11.4 Å². The van der Waals surface area contributed by atoms with Gasteiger partial charge in [0.25, 0.3) is 0 Å². The number of ether oxygens (including phenoxy) is 1. The lowest BCUT2D eigenvalue weighted by Crippen LogP contribution is -2.08. The fourth-order valence-electron chi connectivity index (χ4n) is 2.92. The van der Waals surface area contributed by atoms with Gasteiger partial charge in [-0.3, -0.25) is 4.79 Å². The van der Waals surface area contributed by atoms with Gasteiger partial charge in [0.05, 0.1) is 0 Å². The molecule has 0 heterocycles.